The Kier molecular flexibility index (Phi) is 4.15. The highest BCUT2D eigenvalue weighted by molar-refractivity contribution is 5.88. The third-order valence-corrected chi connectivity index (χ3v) is 3.00. The van der Waals surface area contributed by atoms with E-state index in [1.165, 1.54) is 13.8 Å². The summed E-state index contributed by atoms with van der Waals surface area (Å²) in [5, 5.41) is 13.9. The first-order valence-electron chi connectivity index (χ1n) is 5.77. The molecule has 1 aliphatic heterocycles. The van der Waals surface area contributed by atoms with Gasteiger partial charge in [-0.25, -0.2) is 4.79 Å². The van der Waals surface area contributed by atoms with E-state index in [1.807, 2.05) is 0 Å². The molecule has 0 aromatic heterocycles. The zero-order valence-electron chi connectivity index (χ0n) is 10.8. The summed E-state index contributed by atoms with van der Waals surface area (Å²) in [4.78, 5) is 35.5. The molecule has 3 N–H and O–H groups in total. The highest BCUT2D eigenvalue weighted by atomic mass is 16.4. The fraction of sp³-hybridized carbons (Fsp3) is 0.727. The number of carbonyl (C=O) groups excluding carboxylic acids is 2. The Bertz CT molecular complexity index is 367. The zero-order valence-corrected chi connectivity index (χ0v) is 10.8. The van der Waals surface area contributed by atoms with Gasteiger partial charge in [0.25, 0.3) is 0 Å². The van der Waals surface area contributed by atoms with Crippen molar-refractivity contribution in [2.75, 3.05) is 20.1 Å². The van der Waals surface area contributed by atoms with Crippen molar-refractivity contribution in [2.45, 2.75) is 26.3 Å². The van der Waals surface area contributed by atoms with Gasteiger partial charge in [-0.05, 0) is 20.3 Å². The van der Waals surface area contributed by atoms with Gasteiger partial charge in [-0.15, -0.1) is 0 Å². The fourth-order valence-corrected chi connectivity index (χ4v) is 1.54. The Hall–Kier alpha value is -1.79. The average Bonchev–Trinajstić information content (AvgIpc) is 2.58. The molecule has 7 nitrogen and oxygen atoms in total. The van der Waals surface area contributed by atoms with E-state index in [0.29, 0.717) is 13.0 Å². The second kappa shape index (κ2) is 5.24. The normalized spacial score (nSPS) is 19.8. The number of amides is 3. The molecule has 7 heteroatoms. The summed E-state index contributed by atoms with van der Waals surface area (Å²) in [6.07, 6.45) is 0.574. The van der Waals surface area contributed by atoms with Crippen molar-refractivity contribution in [1.29, 1.82) is 0 Å². The molecule has 0 bridgehead atoms. The number of nitrogens with one attached hydrogen (secondary N) is 2. The summed E-state index contributed by atoms with van der Waals surface area (Å²) < 4.78 is 0. The average molecular weight is 257 g/mol. The van der Waals surface area contributed by atoms with Crippen LogP contribution in [0.15, 0.2) is 0 Å². The van der Waals surface area contributed by atoms with Crippen molar-refractivity contribution < 1.29 is 19.5 Å². The van der Waals surface area contributed by atoms with Gasteiger partial charge in [-0.2, -0.15) is 0 Å². The summed E-state index contributed by atoms with van der Waals surface area (Å²) in [5.74, 6) is -1.11. The standard InChI is InChI=1S/C11H19N3O4/c1-11(2,9(16)17)6-12-10(18)13-7-4-5-14(3)8(7)15/h7H,4-6H2,1-3H3,(H,16,17)(H2,12,13,18). The summed E-state index contributed by atoms with van der Waals surface area (Å²) in [5.41, 5.74) is -1.03. The van der Waals surface area contributed by atoms with Crippen LogP contribution in [0.5, 0.6) is 0 Å². The number of likely N-dealkylation sites (tertiary alicyclic amines) is 1. The molecule has 3 amide bonds. The van der Waals surface area contributed by atoms with Crippen LogP contribution in [0.3, 0.4) is 0 Å². The molecule has 1 rings (SSSR count). The number of hydrogen-bond donors (Lipinski definition) is 3. The van der Waals surface area contributed by atoms with Crippen LogP contribution in [0, 0.1) is 5.41 Å². The van der Waals surface area contributed by atoms with Crippen LogP contribution in [0.1, 0.15) is 20.3 Å². The smallest absolute Gasteiger partial charge is 0.315 e. The molecule has 0 spiro atoms. The van der Waals surface area contributed by atoms with Gasteiger partial charge in [0, 0.05) is 20.1 Å². The molecule has 0 saturated carbocycles. The van der Waals surface area contributed by atoms with Crippen molar-refractivity contribution in [1.82, 2.24) is 15.5 Å². The molecular formula is C11H19N3O4. The molecule has 0 radical (unpaired) electrons. The fourth-order valence-electron chi connectivity index (χ4n) is 1.54. The highest BCUT2D eigenvalue weighted by Gasteiger charge is 2.31. The summed E-state index contributed by atoms with van der Waals surface area (Å²) in [6.45, 7) is 3.66. The van der Waals surface area contributed by atoms with Crippen LogP contribution >= 0.6 is 0 Å². The predicted molar refractivity (Wildman–Crippen MR) is 64.0 cm³/mol. The van der Waals surface area contributed by atoms with Crippen LogP contribution in [0.4, 0.5) is 4.79 Å². The minimum atomic E-state index is -1.03. The summed E-state index contributed by atoms with van der Waals surface area (Å²) in [6, 6.07) is -1.03. The lowest BCUT2D eigenvalue weighted by Crippen LogP contribution is -2.48. The van der Waals surface area contributed by atoms with Gasteiger partial charge in [0.2, 0.25) is 5.91 Å². The SMILES string of the molecule is CN1CCC(NC(=O)NCC(C)(C)C(=O)O)C1=O. The van der Waals surface area contributed by atoms with E-state index in [1.54, 1.807) is 11.9 Å². The molecular weight excluding hydrogens is 238 g/mol. The first kappa shape index (κ1) is 14.3. The maximum absolute atomic E-state index is 11.5. The van der Waals surface area contributed by atoms with Crippen molar-refractivity contribution in [3.8, 4) is 0 Å². The number of carbonyl (C=O) groups is 3. The van der Waals surface area contributed by atoms with Gasteiger partial charge >= 0.3 is 12.0 Å². The number of nitrogens with zero attached hydrogens (tertiary/aromatic N) is 1. The molecule has 1 aliphatic rings. The number of likely N-dealkylation sites (N-methyl/N-ethyl adjacent to an activating group) is 1. The van der Waals surface area contributed by atoms with Crippen LogP contribution < -0.4 is 10.6 Å². The van der Waals surface area contributed by atoms with Gasteiger partial charge in [0.05, 0.1) is 5.41 Å². The van der Waals surface area contributed by atoms with Gasteiger partial charge in [-0.1, -0.05) is 0 Å². The monoisotopic (exact) mass is 257 g/mol. The summed E-state index contributed by atoms with van der Waals surface area (Å²) in [7, 11) is 1.68. The van der Waals surface area contributed by atoms with E-state index in [9.17, 15) is 14.4 Å². The molecule has 0 aromatic carbocycles. The molecule has 1 heterocycles. The number of aliphatic carboxylic acids is 1. The number of carboxylic acids is 1. The van der Waals surface area contributed by atoms with Gasteiger partial charge in [0.15, 0.2) is 0 Å². The minimum Gasteiger partial charge on any atom is -0.481 e. The molecule has 1 atom stereocenters. The second-order valence-electron chi connectivity index (χ2n) is 5.12. The minimum absolute atomic E-state index is 0.00488. The van der Waals surface area contributed by atoms with Crippen molar-refractivity contribution in [3.05, 3.63) is 0 Å². The lowest BCUT2D eigenvalue weighted by Gasteiger charge is -2.20. The van der Waals surface area contributed by atoms with E-state index < -0.39 is 23.5 Å². The van der Waals surface area contributed by atoms with E-state index in [4.69, 9.17) is 5.11 Å². The van der Waals surface area contributed by atoms with Crippen LogP contribution in [-0.4, -0.2) is 54.1 Å². The third kappa shape index (κ3) is 3.35. The van der Waals surface area contributed by atoms with E-state index in [0.717, 1.165) is 0 Å². The Balaban J connectivity index is 2.39. The number of urea groups is 1. The topological polar surface area (TPSA) is 98.7 Å². The molecule has 102 valence electrons. The number of hydrogen-bond acceptors (Lipinski definition) is 3. The highest BCUT2D eigenvalue weighted by Crippen LogP contribution is 2.13. The molecule has 18 heavy (non-hydrogen) atoms. The third-order valence-electron chi connectivity index (χ3n) is 3.00. The van der Waals surface area contributed by atoms with Crippen LogP contribution in [0.25, 0.3) is 0 Å². The molecule has 0 aromatic rings. The van der Waals surface area contributed by atoms with E-state index in [-0.39, 0.29) is 12.5 Å². The maximum Gasteiger partial charge on any atom is 0.315 e. The molecule has 1 fully saturated rings. The molecule has 0 aliphatic carbocycles. The van der Waals surface area contributed by atoms with Crippen molar-refractivity contribution >= 4 is 17.9 Å². The Labute approximate surface area is 106 Å². The van der Waals surface area contributed by atoms with Gasteiger partial charge in [-0.3, -0.25) is 9.59 Å². The van der Waals surface area contributed by atoms with Crippen molar-refractivity contribution in [3.63, 3.8) is 0 Å². The van der Waals surface area contributed by atoms with Gasteiger partial charge < -0.3 is 20.6 Å². The van der Waals surface area contributed by atoms with E-state index in [2.05, 4.69) is 10.6 Å². The predicted octanol–water partition coefficient (Wildman–Crippen LogP) is -0.373. The largest absolute Gasteiger partial charge is 0.481 e. The second-order valence-corrected chi connectivity index (χ2v) is 5.12. The molecule has 1 unspecified atom stereocenters. The Morgan fingerprint density at radius 3 is 2.56 bits per heavy atom. The Morgan fingerprint density at radius 1 is 1.50 bits per heavy atom. The zero-order chi connectivity index (χ0) is 13.9. The first-order valence-corrected chi connectivity index (χ1v) is 5.77. The maximum atomic E-state index is 11.5. The summed E-state index contributed by atoms with van der Waals surface area (Å²) >= 11 is 0. The Morgan fingerprint density at radius 2 is 2.11 bits per heavy atom. The molecule has 1 saturated heterocycles. The van der Waals surface area contributed by atoms with E-state index >= 15 is 0 Å². The number of rotatable bonds is 4. The number of carboxylic acid groups (broad SMARTS) is 1. The van der Waals surface area contributed by atoms with Gasteiger partial charge in [0.1, 0.15) is 6.04 Å². The van der Waals surface area contributed by atoms with Crippen LogP contribution in [0.2, 0.25) is 0 Å². The first-order chi connectivity index (χ1) is 8.24. The lowest BCUT2D eigenvalue weighted by molar-refractivity contribution is -0.146. The van der Waals surface area contributed by atoms with Crippen LogP contribution in [-0.2, 0) is 9.59 Å². The lowest BCUT2D eigenvalue weighted by atomic mass is 9.94. The van der Waals surface area contributed by atoms with Crippen molar-refractivity contribution in [2.24, 2.45) is 5.41 Å². The quantitative estimate of drug-likeness (QED) is 0.639.